The number of halogens is 1. The summed E-state index contributed by atoms with van der Waals surface area (Å²) in [7, 11) is 1.65. The van der Waals surface area contributed by atoms with Crippen molar-refractivity contribution in [2.24, 2.45) is 0 Å². The highest BCUT2D eigenvalue weighted by atomic mass is 35.5. The lowest BCUT2D eigenvalue weighted by Gasteiger charge is -2.20. The second-order valence-corrected chi connectivity index (χ2v) is 5.24. The third-order valence-electron chi connectivity index (χ3n) is 3.07. The Labute approximate surface area is 125 Å². The molecule has 112 valence electrons. The summed E-state index contributed by atoms with van der Waals surface area (Å²) in [6, 6.07) is 7.45. The van der Waals surface area contributed by atoms with E-state index in [9.17, 15) is 4.79 Å². The summed E-state index contributed by atoms with van der Waals surface area (Å²) < 4.78 is 4.94. The van der Waals surface area contributed by atoms with E-state index >= 15 is 0 Å². The van der Waals surface area contributed by atoms with Crippen LogP contribution in [0.15, 0.2) is 24.3 Å². The molecule has 0 aliphatic carbocycles. The number of carbonyl (C=O) groups excluding carboxylic acids is 1. The van der Waals surface area contributed by atoms with Crippen LogP contribution in [0.4, 0.5) is 0 Å². The van der Waals surface area contributed by atoms with Crippen LogP contribution in [0.25, 0.3) is 0 Å². The van der Waals surface area contributed by atoms with Gasteiger partial charge in [0.25, 0.3) is 0 Å². The Morgan fingerprint density at radius 1 is 1.40 bits per heavy atom. The van der Waals surface area contributed by atoms with Gasteiger partial charge in [0.05, 0.1) is 6.04 Å². The van der Waals surface area contributed by atoms with E-state index in [0.29, 0.717) is 18.2 Å². The number of benzene rings is 1. The van der Waals surface area contributed by atoms with Crippen molar-refractivity contribution in [3.8, 4) is 0 Å². The van der Waals surface area contributed by atoms with Crippen molar-refractivity contribution in [2.45, 2.75) is 32.4 Å². The lowest BCUT2D eigenvalue weighted by atomic mass is 10.1. The first-order chi connectivity index (χ1) is 9.54. The zero-order chi connectivity index (χ0) is 15.0. The minimum atomic E-state index is -0.258. The molecule has 1 aromatic carbocycles. The van der Waals surface area contributed by atoms with Crippen molar-refractivity contribution in [2.75, 3.05) is 20.3 Å². The summed E-state index contributed by atoms with van der Waals surface area (Å²) in [5, 5.41) is 6.84. The first-order valence-corrected chi connectivity index (χ1v) is 7.20. The molecule has 0 saturated heterocycles. The van der Waals surface area contributed by atoms with Gasteiger partial charge in [-0.25, -0.2) is 0 Å². The highest BCUT2D eigenvalue weighted by Gasteiger charge is 2.15. The average Bonchev–Trinajstić information content (AvgIpc) is 2.43. The molecule has 2 atom stereocenters. The molecule has 0 aromatic heterocycles. The standard InChI is InChI=1S/C15H23ClN2O2/c1-11(13-6-4-7-14(16)10-13)18-12(2)15(19)17-8-5-9-20-3/h4,6-7,10-12,18H,5,8-9H2,1-3H3,(H,17,19)/t11-,12?/m1/s1. The Morgan fingerprint density at radius 2 is 2.15 bits per heavy atom. The van der Waals surface area contributed by atoms with E-state index in [1.54, 1.807) is 7.11 Å². The van der Waals surface area contributed by atoms with E-state index in [4.69, 9.17) is 16.3 Å². The molecule has 0 saturated carbocycles. The van der Waals surface area contributed by atoms with Gasteiger partial charge in [0.2, 0.25) is 5.91 Å². The number of amides is 1. The Kier molecular flexibility index (Phi) is 7.59. The van der Waals surface area contributed by atoms with Gasteiger partial charge in [0.1, 0.15) is 0 Å². The summed E-state index contributed by atoms with van der Waals surface area (Å²) in [6.07, 6.45) is 0.818. The van der Waals surface area contributed by atoms with Crippen molar-refractivity contribution >= 4 is 17.5 Å². The van der Waals surface area contributed by atoms with Crippen LogP contribution in [-0.2, 0) is 9.53 Å². The van der Waals surface area contributed by atoms with E-state index in [0.717, 1.165) is 12.0 Å². The van der Waals surface area contributed by atoms with Gasteiger partial charge >= 0.3 is 0 Å². The molecule has 1 amide bonds. The van der Waals surface area contributed by atoms with Gasteiger partial charge in [-0.1, -0.05) is 23.7 Å². The molecule has 2 N–H and O–H groups in total. The molecule has 0 spiro atoms. The van der Waals surface area contributed by atoms with Crippen LogP contribution in [0.1, 0.15) is 31.9 Å². The smallest absolute Gasteiger partial charge is 0.236 e. The zero-order valence-corrected chi connectivity index (χ0v) is 13.0. The zero-order valence-electron chi connectivity index (χ0n) is 12.3. The Morgan fingerprint density at radius 3 is 2.80 bits per heavy atom. The van der Waals surface area contributed by atoms with Gasteiger partial charge in [-0.2, -0.15) is 0 Å². The summed E-state index contributed by atoms with van der Waals surface area (Å²) in [4.78, 5) is 11.9. The molecular formula is C15H23ClN2O2. The predicted molar refractivity (Wildman–Crippen MR) is 82.0 cm³/mol. The van der Waals surface area contributed by atoms with Crippen LogP contribution >= 0.6 is 11.6 Å². The Balaban J connectivity index is 2.40. The molecule has 1 rings (SSSR count). The second kappa shape index (κ2) is 8.95. The summed E-state index contributed by atoms with van der Waals surface area (Å²) >= 11 is 5.97. The molecule has 0 aliphatic rings. The van der Waals surface area contributed by atoms with Crippen LogP contribution in [-0.4, -0.2) is 32.2 Å². The Bertz CT molecular complexity index is 426. The summed E-state index contributed by atoms with van der Waals surface area (Å²) in [6.45, 7) is 5.15. The molecule has 0 bridgehead atoms. The monoisotopic (exact) mass is 298 g/mol. The number of hydrogen-bond acceptors (Lipinski definition) is 3. The van der Waals surface area contributed by atoms with Crippen LogP contribution < -0.4 is 10.6 Å². The molecule has 5 heteroatoms. The van der Waals surface area contributed by atoms with Crippen LogP contribution in [0.2, 0.25) is 5.02 Å². The van der Waals surface area contributed by atoms with Crippen molar-refractivity contribution in [1.82, 2.24) is 10.6 Å². The molecule has 20 heavy (non-hydrogen) atoms. The van der Waals surface area contributed by atoms with Gasteiger partial charge < -0.3 is 10.1 Å². The third-order valence-corrected chi connectivity index (χ3v) is 3.30. The van der Waals surface area contributed by atoms with Gasteiger partial charge in [-0.15, -0.1) is 0 Å². The van der Waals surface area contributed by atoms with E-state index in [1.165, 1.54) is 0 Å². The molecule has 1 aromatic rings. The second-order valence-electron chi connectivity index (χ2n) is 4.80. The minimum absolute atomic E-state index is 0.00465. The summed E-state index contributed by atoms with van der Waals surface area (Å²) in [5.41, 5.74) is 1.07. The van der Waals surface area contributed by atoms with Crippen molar-refractivity contribution in [1.29, 1.82) is 0 Å². The number of methoxy groups -OCH3 is 1. The van der Waals surface area contributed by atoms with Crippen LogP contribution in [0.3, 0.4) is 0 Å². The fourth-order valence-corrected chi connectivity index (χ4v) is 2.10. The topological polar surface area (TPSA) is 50.4 Å². The normalized spacial score (nSPS) is 13.8. The molecule has 4 nitrogen and oxygen atoms in total. The fraction of sp³-hybridized carbons (Fsp3) is 0.533. The maximum atomic E-state index is 11.9. The van der Waals surface area contributed by atoms with Crippen LogP contribution in [0, 0.1) is 0 Å². The number of rotatable bonds is 8. The Hall–Kier alpha value is -1.10. The number of hydrogen-bond donors (Lipinski definition) is 2. The van der Waals surface area contributed by atoms with Gasteiger partial charge in [0.15, 0.2) is 0 Å². The highest BCUT2D eigenvalue weighted by molar-refractivity contribution is 6.30. The first-order valence-electron chi connectivity index (χ1n) is 6.82. The largest absolute Gasteiger partial charge is 0.385 e. The average molecular weight is 299 g/mol. The quantitative estimate of drug-likeness (QED) is 0.725. The summed E-state index contributed by atoms with van der Waals surface area (Å²) in [5.74, 6) is -0.00465. The van der Waals surface area contributed by atoms with E-state index in [2.05, 4.69) is 10.6 Å². The van der Waals surface area contributed by atoms with Crippen molar-refractivity contribution in [3.63, 3.8) is 0 Å². The fourth-order valence-electron chi connectivity index (χ4n) is 1.90. The van der Waals surface area contributed by atoms with Crippen molar-refractivity contribution < 1.29 is 9.53 Å². The number of carbonyl (C=O) groups is 1. The molecule has 0 heterocycles. The molecule has 1 unspecified atom stereocenters. The third kappa shape index (κ3) is 5.90. The molecule has 0 radical (unpaired) electrons. The van der Waals surface area contributed by atoms with Gasteiger partial charge in [0, 0.05) is 31.3 Å². The van der Waals surface area contributed by atoms with Gasteiger partial charge in [-0.05, 0) is 38.0 Å². The number of nitrogens with one attached hydrogen (secondary N) is 2. The molecule has 0 fully saturated rings. The maximum Gasteiger partial charge on any atom is 0.236 e. The lowest BCUT2D eigenvalue weighted by Crippen LogP contribution is -2.43. The lowest BCUT2D eigenvalue weighted by molar-refractivity contribution is -0.122. The van der Waals surface area contributed by atoms with Crippen molar-refractivity contribution in [3.05, 3.63) is 34.9 Å². The maximum absolute atomic E-state index is 11.9. The van der Waals surface area contributed by atoms with E-state index in [-0.39, 0.29) is 18.0 Å². The van der Waals surface area contributed by atoms with Crippen LogP contribution in [0.5, 0.6) is 0 Å². The number of ether oxygens (including phenoxy) is 1. The molecule has 0 aliphatic heterocycles. The SMILES string of the molecule is COCCCNC(=O)C(C)N[C@H](C)c1cccc(Cl)c1. The first kappa shape index (κ1) is 17.0. The highest BCUT2D eigenvalue weighted by Crippen LogP contribution is 2.17. The molecular weight excluding hydrogens is 276 g/mol. The van der Waals surface area contributed by atoms with E-state index < -0.39 is 0 Å². The minimum Gasteiger partial charge on any atom is -0.385 e. The predicted octanol–water partition coefficient (Wildman–Crippen LogP) is 2.53. The van der Waals surface area contributed by atoms with E-state index in [1.807, 2.05) is 38.1 Å². The van der Waals surface area contributed by atoms with Gasteiger partial charge in [-0.3, -0.25) is 10.1 Å².